The molecule has 0 saturated heterocycles. The van der Waals surface area contributed by atoms with Gasteiger partial charge < -0.3 is 10.0 Å². The number of hydrogen-bond donors (Lipinski definition) is 1. The molecule has 0 amide bonds. The molecule has 0 saturated carbocycles. The molecule has 100 valence electrons. The number of phenolic OH excluding ortho intramolecular Hbond substituents is 1. The van der Waals surface area contributed by atoms with Crippen molar-refractivity contribution in [3.8, 4) is 16.9 Å². The number of hydrogen-bond acceptors (Lipinski definition) is 2. The van der Waals surface area contributed by atoms with E-state index in [-0.39, 0.29) is 0 Å². The molecule has 2 aromatic rings. The molecule has 2 aromatic carbocycles. The van der Waals surface area contributed by atoms with E-state index in [9.17, 15) is 5.11 Å². The van der Waals surface area contributed by atoms with Gasteiger partial charge in [0.25, 0.3) is 0 Å². The second-order valence-corrected chi connectivity index (χ2v) is 4.98. The Balaban J connectivity index is 2.05. The van der Waals surface area contributed by atoms with E-state index < -0.39 is 0 Å². The molecule has 2 heteroatoms. The molecule has 1 heterocycles. The van der Waals surface area contributed by atoms with Crippen molar-refractivity contribution in [1.29, 1.82) is 0 Å². The van der Waals surface area contributed by atoms with Gasteiger partial charge in [0.05, 0.1) is 0 Å². The number of allylic oxidation sites excluding steroid dienone is 2. The van der Waals surface area contributed by atoms with Crippen LogP contribution in [-0.4, -0.2) is 11.7 Å². The first-order chi connectivity index (χ1) is 9.74. The molecule has 20 heavy (non-hydrogen) atoms. The van der Waals surface area contributed by atoms with Crippen molar-refractivity contribution in [2.24, 2.45) is 0 Å². The smallest absolute Gasteiger partial charge is 0.118 e. The molecule has 0 radical (unpaired) electrons. The van der Waals surface area contributed by atoms with Crippen LogP contribution in [0.15, 0.2) is 66.9 Å². The zero-order valence-electron chi connectivity index (χ0n) is 11.5. The third kappa shape index (κ3) is 2.45. The van der Waals surface area contributed by atoms with Gasteiger partial charge in [-0.1, -0.05) is 36.4 Å². The van der Waals surface area contributed by atoms with Crippen LogP contribution in [-0.2, 0) is 0 Å². The Kier molecular flexibility index (Phi) is 3.30. The van der Waals surface area contributed by atoms with Crippen molar-refractivity contribution in [3.05, 3.63) is 72.5 Å². The second-order valence-electron chi connectivity index (χ2n) is 4.98. The van der Waals surface area contributed by atoms with Crippen LogP contribution in [0.2, 0.25) is 0 Å². The monoisotopic (exact) mass is 263 g/mol. The predicted molar refractivity (Wildman–Crippen MR) is 83.9 cm³/mol. The van der Waals surface area contributed by atoms with Crippen LogP contribution in [0, 0.1) is 6.92 Å². The Bertz CT molecular complexity index is 686. The quantitative estimate of drug-likeness (QED) is 0.875. The largest absolute Gasteiger partial charge is 0.508 e. The van der Waals surface area contributed by atoms with Crippen LogP contribution in [0.25, 0.3) is 11.1 Å². The molecule has 1 aliphatic heterocycles. The highest BCUT2D eigenvalue weighted by Crippen LogP contribution is 2.32. The van der Waals surface area contributed by atoms with E-state index in [0.717, 1.165) is 23.4 Å². The van der Waals surface area contributed by atoms with Crippen LogP contribution in [0.3, 0.4) is 0 Å². The van der Waals surface area contributed by atoms with Gasteiger partial charge in [-0.3, -0.25) is 0 Å². The van der Waals surface area contributed by atoms with Gasteiger partial charge in [-0.2, -0.15) is 0 Å². The van der Waals surface area contributed by atoms with E-state index in [1.807, 2.05) is 36.6 Å². The maximum Gasteiger partial charge on any atom is 0.118 e. The lowest BCUT2D eigenvalue weighted by Crippen LogP contribution is -2.17. The Hall–Kier alpha value is -2.48. The second kappa shape index (κ2) is 5.25. The van der Waals surface area contributed by atoms with Crippen molar-refractivity contribution in [2.75, 3.05) is 11.4 Å². The number of benzene rings is 2. The van der Waals surface area contributed by atoms with E-state index in [1.54, 1.807) is 6.07 Å². The maximum absolute atomic E-state index is 10.0. The fourth-order valence-corrected chi connectivity index (χ4v) is 2.47. The maximum atomic E-state index is 10.0. The first kappa shape index (κ1) is 12.5. The number of aryl methyl sites for hydroxylation is 1. The summed E-state index contributed by atoms with van der Waals surface area (Å²) in [6.45, 7) is 2.91. The lowest BCUT2D eigenvalue weighted by molar-refractivity contribution is 0.475. The minimum Gasteiger partial charge on any atom is -0.508 e. The van der Waals surface area contributed by atoms with E-state index in [0.29, 0.717) is 5.75 Å². The highest BCUT2D eigenvalue weighted by atomic mass is 16.3. The number of phenols is 1. The molecule has 1 aliphatic rings. The summed E-state index contributed by atoms with van der Waals surface area (Å²) < 4.78 is 0. The molecule has 2 nitrogen and oxygen atoms in total. The Morgan fingerprint density at radius 3 is 2.65 bits per heavy atom. The third-order valence-electron chi connectivity index (χ3n) is 3.51. The summed E-state index contributed by atoms with van der Waals surface area (Å²) in [7, 11) is 0. The number of aromatic hydroxyl groups is 1. The van der Waals surface area contributed by atoms with Crippen LogP contribution in [0.5, 0.6) is 5.75 Å². The summed E-state index contributed by atoms with van der Waals surface area (Å²) >= 11 is 0. The van der Waals surface area contributed by atoms with Crippen LogP contribution in [0.1, 0.15) is 5.56 Å². The highest BCUT2D eigenvalue weighted by molar-refractivity contribution is 5.73. The van der Waals surface area contributed by atoms with Crippen molar-refractivity contribution in [3.63, 3.8) is 0 Å². The van der Waals surface area contributed by atoms with Gasteiger partial charge in [0.1, 0.15) is 5.75 Å². The fourth-order valence-electron chi connectivity index (χ4n) is 2.47. The van der Waals surface area contributed by atoms with Crippen molar-refractivity contribution in [2.45, 2.75) is 6.92 Å². The Morgan fingerprint density at radius 2 is 1.90 bits per heavy atom. The summed E-state index contributed by atoms with van der Waals surface area (Å²) in [5.74, 6) is 0.295. The molecule has 1 N–H and O–H groups in total. The SMILES string of the molecule is Cc1ccccc1-c1cc(O)cc(N2C=CC=CC2)c1. The summed E-state index contributed by atoms with van der Waals surface area (Å²) in [4.78, 5) is 2.11. The zero-order chi connectivity index (χ0) is 13.9. The average Bonchev–Trinajstić information content (AvgIpc) is 2.48. The van der Waals surface area contributed by atoms with E-state index in [1.165, 1.54) is 5.56 Å². The van der Waals surface area contributed by atoms with Crippen LogP contribution < -0.4 is 4.90 Å². The van der Waals surface area contributed by atoms with E-state index >= 15 is 0 Å². The number of rotatable bonds is 2. The van der Waals surface area contributed by atoms with Gasteiger partial charge in [0.2, 0.25) is 0 Å². The third-order valence-corrected chi connectivity index (χ3v) is 3.51. The predicted octanol–water partition coefficient (Wildman–Crippen LogP) is 4.26. The normalized spacial score (nSPS) is 13.8. The lowest BCUT2D eigenvalue weighted by Gasteiger charge is -2.22. The van der Waals surface area contributed by atoms with Crippen molar-refractivity contribution < 1.29 is 5.11 Å². The van der Waals surface area contributed by atoms with Gasteiger partial charge in [-0.05, 0) is 41.8 Å². The summed E-state index contributed by atoms with van der Waals surface area (Å²) in [6.07, 6.45) is 8.15. The highest BCUT2D eigenvalue weighted by Gasteiger charge is 2.09. The van der Waals surface area contributed by atoms with Gasteiger partial charge in [-0.15, -0.1) is 0 Å². The van der Waals surface area contributed by atoms with Gasteiger partial charge in [0.15, 0.2) is 0 Å². The first-order valence-corrected chi connectivity index (χ1v) is 6.74. The van der Waals surface area contributed by atoms with Crippen LogP contribution >= 0.6 is 0 Å². The Labute approximate surface area is 119 Å². The van der Waals surface area contributed by atoms with Crippen molar-refractivity contribution >= 4 is 5.69 Å². The topological polar surface area (TPSA) is 23.5 Å². The molecular weight excluding hydrogens is 246 g/mol. The number of anilines is 1. The summed E-state index contributed by atoms with van der Waals surface area (Å²) in [5.41, 5.74) is 4.41. The molecule has 0 fully saturated rings. The van der Waals surface area contributed by atoms with Gasteiger partial charge in [0, 0.05) is 24.5 Å². The lowest BCUT2D eigenvalue weighted by atomic mass is 9.99. The molecule has 0 unspecified atom stereocenters. The Morgan fingerprint density at radius 1 is 1.05 bits per heavy atom. The van der Waals surface area contributed by atoms with Gasteiger partial charge in [-0.25, -0.2) is 0 Å². The minimum atomic E-state index is 0.295. The first-order valence-electron chi connectivity index (χ1n) is 6.74. The molecule has 0 atom stereocenters. The van der Waals surface area contributed by atoms with E-state index in [2.05, 4.69) is 36.1 Å². The minimum absolute atomic E-state index is 0.295. The zero-order valence-corrected chi connectivity index (χ0v) is 11.5. The molecule has 0 spiro atoms. The van der Waals surface area contributed by atoms with E-state index in [4.69, 9.17) is 0 Å². The standard InChI is InChI=1S/C18H17NO/c1-14-7-3-4-8-18(14)15-11-16(13-17(20)12-15)19-9-5-2-6-10-19/h2-9,11-13,20H,10H2,1H3. The molecule has 0 aliphatic carbocycles. The van der Waals surface area contributed by atoms with Crippen molar-refractivity contribution in [1.82, 2.24) is 0 Å². The van der Waals surface area contributed by atoms with Gasteiger partial charge >= 0.3 is 0 Å². The molecular formula is C18H17NO. The van der Waals surface area contributed by atoms with Crippen LogP contribution in [0.4, 0.5) is 5.69 Å². The fraction of sp³-hybridized carbons (Fsp3) is 0.111. The number of nitrogens with zero attached hydrogens (tertiary/aromatic N) is 1. The molecule has 3 rings (SSSR count). The average molecular weight is 263 g/mol. The molecule has 0 aromatic heterocycles. The summed E-state index contributed by atoms with van der Waals surface area (Å²) in [5, 5.41) is 10.0. The molecule has 0 bridgehead atoms. The summed E-state index contributed by atoms with van der Waals surface area (Å²) in [6, 6.07) is 13.9.